The number of carboxylic acids is 1. The third-order valence-corrected chi connectivity index (χ3v) is 3.93. The molecule has 0 aliphatic heterocycles. The van der Waals surface area contributed by atoms with Crippen LogP contribution in [0.3, 0.4) is 0 Å². The molecule has 6 nitrogen and oxygen atoms in total. The van der Waals surface area contributed by atoms with Crippen molar-refractivity contribution in [2.24, 2.45) is 0 Å². The van der Waals surface area contributed by atoms with Crippen LogP contribution in [0.1, 0.15) is 54.2 Å². The normalized spacial score (nSPS) is 14.0. The van der Waals surface area contributed by atoms with Crippen molar-refractivity contribution in [1.29, 1.82) is 0 Å². The number of carbonyl (C=O) groups excluding carboxylic acids is 1. The summed E-state index contributed by atoms with van der Waals surface area (Å²) in [6.07, 6.45) is 5.51. The van der Waals surface area contributed by atoms with E-state index in [0.717, 1.165) is 43.4 Å². The average molecular weight is 306 g/mol. The Morgan fingerprint density at radius 3 is 2.68 bits per heavy atom. The van der Waals surface area contributed by atoms with E-state index in [1.165, 1.54) is 4.90 Å². The maximum absolute atomic E-state index is 12.5. The van der Waals surface area contributed by atoms with E-state index >= 15 is 0 Å². The van der Waals surface area contributed by atoms with Gasteiger partial charge >= 0.3 is 5.97 Å². The monoisotopic (exact) mass is 306 g/mol. The largest absolute Gasteiger partial charge is 0.480 e. The zero-order valence-corrected chi connectivity index (χ0v) is 12.9. The van der Waals surface area contributed by atoms with Gasteiger partial charge in [0, 0.05) is 12.2 Å². The highest BCUT2D eigenvalue weighted by Crippen LogP contribution is 2.18. The van der Waals surface area contributed by atoms with Crippen molar-refractivity contribution in [2.75, 3.05) is 13.1 Å². The number of carboxylic acid groups (broad SMARTS) is 1. The molecule has 0 aromatic carbocycles. The van der Waals surface area contributed by atoms with Gasteiger partial charge in [0.05, 0.1) is 0 Å². The van der Waals surface area contributed by atoms with Crippen LogP contribution < -0.4 is 5.56 Å². The van der Waals surface area contributed by atoms with Crippen molar-refractivity contribution in [2.45, 2.75) is 45.4 Å². The fourth-order valence-electron chi connectivity index (χ4n) is 2.87. The number of nitrogens with zero attached hydrogens (tertiary/aromatic N) is 1. The third kappa shape index (κ3) is 3.75. The predicted molar refractivity (Wildman–Crippen MR) is 82.2 cm³/mol. The number of pyridine rings is 1. The van der Waals surface area contributed by atoms with Gasteiger partial charge in [0.1, 0.15) is 12.1 Å². The van der Waals surface area contributed by atoms with Crippen molar-refractivity contribution < 1.29 is 14.7 Å². The molecule has 1 aromatic rings. The van der Waals surface area contributed by atoms with Crippen LogP contribution in [0.15, 0.2) is 10.9 Å². The summed E-state index contributed by atoms with van der Waals surface area (Å²) in [6, 6.07) is 1.66. The van der Waals surface area contributed by atoms with Gasteiger partial charge in [-0.1, -0.05) is 13.3 Å². The van der Waals surface area contributed by atoms with E-state index in [-0.39, 0.29) is 12.1 Å². The van der Waals surface area contributed by atoms with Crippen LogP contribution in [0.2, 0.25) is 0 Å². The first-order chi connectivity index (χ1) is 10.5. The SMILES string of the molecule is CCCN(CC(=O)O)C(=O)c1cc2c([nH]c1=O)CCCCC2. The predicted octanol–water partition coefficient (Wildman–Crippen LogP) is 1.58. The lowest BCUT2D eigenvalue weighted by Crippen LogP contribution is -2.39. The number of rotatable bonds is 5. The number of H-pyrrole nitrogens is 1. The quantitative estimate of drug-likeness (QED) is 0.808. The van der Waals surface area contributed by atoms with E-state index in [4.69, 9.17) is 5.11 Å². The summed E-state index contributed by atoms with van der Waals surface area (Å²) in [6.45, 7) is 1.80. The zero-order chi connectivity index (χ0) is 16.1. The van der Waals surface area contributed by atoms with E-state index in [1.54, 1.807) is 6.07 Å². The van der Waals surface area contributed by atoms with Gasteiger partial charge in [-0.15, -0.1) is 0 Å². The van der Waals surface area contributed by atoms with Gasteiger partial charge < -0.3 is 15.0 Å². The Morgan fingerprint density at radius 2 is 2.00 bits per heavy atom. The van der Waals surface area contributed by atoms with Gasteiger partial charge in [-0.3, -0.25) is 14.4 Å². The summed E-state index contributed by atoms with van der Waals surface area (Å²) in [5.41, 5.74) is 1.55. The molecule has 0 unspecified atom stereocenters. The van der Waals surface area contributed by atoms with Crippen LogP contribution >= 0.6 is 0 Å². The Kier molecular flexibility index (Phi) is 5.35. The maximum Gasteiger partial charge on any atom is 0.323 e. The molecule has 0 saturated heterocycles. The number of aliphatic carboxylic acids is 1. The van der Waals surface area contributed by atoms with Gasteiger partial charge in [0.15, 0.2) is 0 Å². The van der Waals surface area contributed by atoms with Crippen LogP contribution in [-0.2, 0) is 17.6 Å². The smallest absolute Gasteiger partial charge is 0.323 e. The number of carbonyl (C=O) groups is 2. The van der Waals surface area contributed by atoms with Gasteiger partial charge in [-0.25, -0.2) is 0 Å². The first-order valence-electron chi connectivity index (χ1n) is 7.79. The van der Waals surface area contributed by atoms with Crippen molar-refractivity contribution in [3.63, 3.8) is 0 Å². The summed E-state index contributed by atoms with van der Waals surface area (Å²) in [5.74, 6) is -1.58. The maximum atomic E-state index is 12.5. The Morgan fingerprint density at radius 1 is 1.27 bits per heavy atom. The lowest BCUT2D eigenvalue weighted by molar-refractivity contribution is -0.137. The molecule has 0 bridgehead atoms. The van der Waals surface area contributed by atoms with E-state index in [9.17, 15) is 14.4 Å². The van der Waals surface area contributed by atoms with Crippen LogP contribution in [0.5, 0.6) is 0 Å². The van der Waals surface area contributed by atoms with E-state index < -0.39 is 17.4 Å². The second-order valence-electron chi connectivity index (χ2n) is 5.70. The molecule has 1 heterocycles. The highest BCUT2D eigenvalue weighted by Gasteiger charge is 2.22. The Labute approximate surface area is 129 Å². The molecule has 0 atom stereocenters. The summed E-state index contributed by atoms with van der Waals surface area (Å²) in [7, 11) is 0. The molecule has 0 saturated carbocycles. The van der Waals surface area contributed by atoms with E-state index in [1.807, 2.05) is 6.92 Å². The van der Waals surface area contributed by atoms with Gasteiger partial charge in [0.25, 0.3) is 11.5 Å². The number of fused-ring (bicyclic) bond motifs is 1. The number of hydrogen-bond donors (Lipinski definition) is 2. The summed E-state index contributed by atoms with van der Waals surface area (Å²) < 4.78 is 0. The number of aromatic nitrogens is 1. The lowest BCUT2D eigenvalue weighted by Gasteiger charge is -2.20. The molecule has 0 radical (unpaired) electrons. The number of hydrogen-bond acceptors (Lipinski definition) is 3. The van der Waals surface area contributed by atoms with Gasteiger partial charge in [-0.2, -0.15) is 0 Å². The third-order valence-electron chi connectivity index (χ3n) is 3.93. The highest BCUT2D eigenvalue weighted by molar-refractivity contribution is 5.95. The highest BCUT2D eigenvalue weighted by atomic mass is 16.4. The summed E-state index contributed by atoms with van der Waals surface area (Å²) in [5, 5.41) is 8.93. The topological polar surface area (TPSA) is 90.5 Å². The number of aromatic amines is 1. The van der Waals surface area contributed by atoms with Crippen LogP contribution in [-0.4, -0.2) is 40.0 Å². The van der Waals surface area contributed by atoms with E-state index in [2.05, 4.69) is 4.98 Å². The molecule has 22 heavy (non-hydrogen) atoms. The molecule has 120 valence electrons. The summed E-state index contributed by atoms with van der Waals surface area (Å²) in [4.78, 5) is 39.6. The van der Waals surface area contributed by atoms with Crippen LogP contribution in [0, 0.1) is 0 Å². The number of nitrogens with one attached hydrogen (secondary N) is 1. The Balaban J connectivity index is 2.33. The molecule has 2 rings (SSSR count). The van der Waals surface area contributed by atoms with Crippen molar-refractivity contribution in [3.8, 4) is 0 Å². The molecular formula is C16H22N2O4. The fourth-order valence-corrected chi connectivity index (χ4v) is 2.87. The molecule has 0 fully saturated rings. The first kappa shape index (κ1) is 16.3. The Bertz CT molecular complexity index is 621. The summed E-state index contributed by atoms with van der Waals surface area (Å²) >= 11 is 0. The zero-order valence-electron chi connectivity index (χ0n) is 12.9. The van der Waals surface area contributed by atoms with Crippen molar-refractivity contribution in [3.05, 3.63) is 33.2 Å². The Hall–Kier alpha value is -2.11. The number of amides is 1. The van der Waals surface area contributed by atoms with E-state index in [0.29, 0.717) is 13.0 Å². The molecule has 0 spiro atoms. The van der Waals surface area contributed by atoms with Crippen molar-refractivity contribution in [1.82, 2.24) is 9.88 Å². The molecule has 2 N–H and O–H groups in total. The first-order valence-corrected chi connectivity index (χ1v) is 7.79. The molecule has 1 amide bonds. The molecule has 1 aliphatic carbocycles. The second kappa shape index (κ2) is 7.24. The van der Waals surface area contributed by atoms with Gasteiger partial charge in [-0.05, 0) is 43.7 Å². The molecule has 1 aliphatic rings. The van der Waals surface area contributed by atoms with Crippen LogP contribution in [0.4, 0.5) is 0 Å². The molecule has 6 heteroatoms. The second-order valence-corrected chi connectivity index (χ2v) is 5.70. The average Bonchev–Trinajstić information content (AvgIpc) is 2.69. The van der Waals surface area contributed by atoms with Crippen LogP contribution in [0.25, 0.3) is 0 Å². The molecular weight excluding hydrogens is 284 g/mol. The minimum absolute atomic E-state index is 0.0513. The minimum Gasteiger partial charge on any atom is -0.480 e. The fraction of sp³-hybridized carbons (Fsp3) is 0.562. The van der Waals surface area contributed by atoms with Crippen molar-refractivity contribution >= 4 is 11.9 Å². The van der Waals surface area contributed by atoms with Gasteiger partial charge in [0.2, 0.25) is 0 Å². The standard InChI is InChI=1S/C16H22N2O4/c1-2-8-18(10-14(19)20)16(22)12-9-11-6-4-3-5-7-13(11)17-15(12)21/h9H,2-8,10H2,1H3,(H,17,21)(H,19,20). The minimum atomic E-state index is -1.08. The molecule has 1 aromatic heterocycles. The lowest BCUT2D eigenvalue weighted by atomic mass is 10.1. The number of aryl methyl sites for hydroxylation is 2.